The number of nitrogens with zero attached hydrogens (tertiary/aromatic N) is 1. The van der Waals surface area contributed by atoms with Crippen molar-refractivity contribution in [3.63, 3.8) is 0 Å². The zero-order valence-corrected chi connectivity index (χ0v) is 12.3. The molecule has 0 aliphatic carbocycles. The van der Waals surface area contributed by atoms with Gasteiger partial charge >= 0.3 is 5.97 Å². The molecule has 0 radical (unpaired) electrons. The molecule has 0 saturated heterocycles. The van der Waals surface area contributed by atoms with Crippen molar-refractivity contribution in [2.45, 2.75) is 13.5 Å². The van der Waals surface area contributed by atoms with Crippen molar-refractivity contribution in [3.8, 4) is 0 Å². The highest BCUT2D eigenvalue weighted by atomic mass is 32.1. The van der Waals surface area contributed by atoms with Gasteiger partial charge in [0, 0.05) is 22.5 Å². The fourth-order valence-corrected chi connectivity index (χ4v) is 3.04. The lowest BCUT2D eigenvalue weighted by atomic mass is 10.1. The average molecular weight is 298 g/mol. The minimum absolute atomic E-state index is 0.0547. The number of benzene rings is 1. The van der Waals surface area contributed by atoms with Gasteiger partial charge in [-0.15, -0.1) is 11.3 Å². The second-order valence-electron chi connectivity index (χ2n) is 4.76. The van der Waals surface area contributed by atoms with Gasteiger partial charge in [-0.05, 0) is 36.1 Å². The van der Waals surface area contributed by atoms with Crippen molar-refractivity contribution < 1.29 is 9.90 Å². The van der Waals surface area contributed by atoms with E-state index in [4.69, 9.17) is 0 Å². The number of aromatic nitrogens is 1. The molecule has 0 saturated carbocycles. The van der Waals surface area contributed by atoms with Crippen LogP contribution in [0.5, 0.6) is 0 Å². The first kappa shape index (κ1) is 13.6. The van der Waals surface area contributed by atoms with E-state index in [-0.39, 0.29) is 5.69 Å². The summed E-state index contributed by atoms with van der Waals surface area (Å²) in [6.07, 6.45) is 0. The molecule has 0 bridgehead atoms. The van der Waals surface area contributed by atoms with E-state index in [1.54, 1.807) is 17.4 Å². The van der Waals surface area contributed by atoms with E-state index in [0.29, 0.717) is 12.1 Å². The van der Waals surface area contributed by atoms with Gasteiger partial charge in [0.1, 0.15) is 0 Å². The Labute approximate surface area is 126 Å². The molecule has 0 fully saturated rings. The number of carbonyl (C=O) groups is 1. The van der Waals surface area contributed by atoms with E-state index in [0.717, 1.165) is 11.1 Å². The average Bonchev–Trinajstić information content (AvgIpc) is 2.89. The lowest BCUT2D eigenvalue weighted by molar-refractivity contribution is 0.0691. The van der Waals surface area contributed by atoms with Crippen LogP contribution >= 0.6 is 11.3 Å². The van der Waals surface area contributed by atoms with Gasteiger partial charge in [0.05, 0.1) is 5.52 Å². The van der Waals surface area contributed by atoms with Crippen molar-refractivity contribution in [1.29, 1.82) is 0 Å². The Morgan fingerprint density at radius 1 is 1.33 bits per heavy atom. The second kappa shape index (κ2) is 5.54. The van der Waals surface area contributed by atoms with Crippen molar-refractivity contribution in [2.24, 2.45) is 0 Å². The highest BCUT2D eigenvalue weighted by Gasteiger charge is 2.11. The predicted molar refractivity (Wildman–Crippen MR) is 85.1 cm³/mol. The maximum atomic E-state index is 11.2. The van der Waals surface area contributed by atoms with Crippen molar-refractivity contribution in [2.75, 3.05) is 5.32 Å². The maximum Gasteiger partial charge on any atom is 0.354 e. The minimum atomic E-state index is -1.02. The van der Waals surface area contributed by atoms with Crippen LogP contribution in [0.1, 0.15) is 20.9 Å². The fourth-order valence-electron chi connectivity index (χ4n) is 2.19. The summed E-state index contributed by atoms with van der Waals surface area (Å²) in [5.74, 6) is -1.02. The Kier molecular flexibility index (Phi) is 3.58. The van der Waals surface area contributed by atoms with Crippen LogP contribution in [0.3, 0.4) is 0 Å². The van der Waals surface area contributed by atoms with Crippen LogP contribution in [0, 0.1) is 6.92 Å². The summed E-state index contributed by atoms with van der Waals surface area (Å²) >= 11 is 1.69. The molecule has 2 N–H and O–H groups in total. The quantitative estimate of drug-likeness (QED) is 0.766. The van der Waals surface area contributed by atoms with E-state index in [1.807, 2.05) is 24.3 Å². The number of hydrogen-bond acceptors (Lipinski definition) is 4. The van der Waals surface area contributed by atoms with Crippen molar-refractivity contribution in [3.05, 3.63) is 57.9 Å². The molecule has 0 aliphatic heterocycles. The Morgan fingerprint density at radius 2 is 2.14 bits per heavy atom. The molecular formula is C16H14N2O2S. The van der Waals surface area contributed by atoms with Crippen LogP contribution in [-0.4, -0.2) is 16.1 Å². The second-order valence-corrected chi connectivity index (χ2v) is 5.76. The number of pyridine rings is 1. The Morgan fingerprint density at radius 3 is 2.86 bits per heavy atom. The summed E-state index contributed by atoms with van der Waals surface area (Å²) in [6.45, 7) is 2.75. The SMILES string of the molecule is Cc1ccsc1CNc1cc(C(=O)O)nc2ccccc12. The van der Waals surface area contributed by atoms with Gasteiger partial charge in [0.2, 0.25) is 0 Å². The van der Waals surface area contributed by atoms with E-state index in [2.05, 4.69) is 28.7 Å². The highest BCUT2D eigenvalue weighted by molar-refractivity contribution is 7.10. The molecular weight excluding hydrogens is 284 g/mol. The summed E-state index contributed by atoms with van der Waals surface area (Å²) in [7, 11) is 0. The zero-order valence-electron chi connectivity index (χ0n) is 11.5. The molecule has 3 aromatic rings. The molecule has 2 aromatic heterocycles. The largest absolute Gasteiger partial charge is 0.477 e. The number of thiophene rings is 1. The van der Waals surface area contributed by atoms with Crippen molar-refractivity contribution in [1.82, 2.24) is 4.98 Å². The first-order valence-corrected chi connectivity index (χ1v) is 7.43. The third-order valence-corrected chi connectivity index (χ3v) is 4.37. The van der Waals surface area contributed by atoms with Crippen LogP contribution in [0.15, 0.2) is 41.8 Å². The number of aryl methyl sites for hydroxylation is 1. The van der Waals surface area contributed by atoms with Gasteiger partial charge in [0.15, 0.2) is 5.69 Å². The van der Waals surface area contributed by atoms with Gasteiger partial charge in [-0.1, -0.05) is 18.2 Å². The number of carboxylic acids is 1. The monoisotopic (exact) mass is 298 g/mol. The normalized spacial score (nSPS) is 10.7. The van der Waals surface area contributed by atoms with E-state index in [9.17, 15) is 9.90 Å². The molecule has 0 atom stereocenters. The Hall–Kier alpha value is -2.40. The van der Waals surface area contributed by atoms with Crippen LogP contribution in [0.4, 0.5) is 5.69 Å². The maximum absolute atomic E-state index is 11.2. The van der Waals surface area contributed by atoms with Crippen LogP contribution in [-0.2, 0) is 6.54 Å². The molecule has 0 spiro atoms. The van der Waals surface area contributed by atoms with Gasteiger partial charge in [-0.2, -0.15) is 0 Å². The molecule has 3 rings (SSSR count). The van der Waals surface area contributed by atoms with E-state index >= 15 is 0 Å². The number of carboxylic acid groups (broad SMARTS) is 1. The third kappa shape index (κ3) is 2.73. The number of aromatic carboxylic acids is 1. The van der Waals surface area contributed by atoms with E-state index < -0.39 is 5.97 Å². The number of nitrogens with one attached hydrogen (secondary N) is 1. The smallest absolute Gasteiger partial charge is 0.354 e. The standard InChI is InChI=1S/C16H14N2O2S/c1-10-6-7-21-15(10)9-17-13-8-14(16(19)20)18-12-5-3-2-4-11(12)13/h2-8H,9H2,1H3,(H,17,18)(H,19,20). The van der Waals surface area contributed by atoms with Crippen molar-refractivity contribution >= 4 is 33.9 Å². The molecule has 2 heterocycles. The van der Waals surface area contributed by atoms with Gasteiger partial charge < -0.3 is 10.4 Å². The summed E-state index contributed by atoms with van der Waals surface area (Å²) < 4.78 is 0. The molecule has 0 unspecified atom stereocenters. The van der Waals surface area contributed by atoms with Gasteiger partial charge in [-0.3, -0.25) is 0 Å². The summed E-state index contributed by atoms with van der Waals surface area (Å²) in [5, 5.41) is 15.5. The molecule has 21 heavy (non-hydrogen) atoms. The first-order chi connectivity index (χ1) is 10.1. The summed E-state index contributed by atoms with van der Waals surface area (Å²) in [6, 6.07) is 11.2. The fraction of sp³-hybridized carbons (Fsp3) is 0.125. The minimum Gasteiger partial charge on any atom is -0.477 e. The Bertz CT molecular complexity index is 811. The van der Waals surface area contributed by atoms with Crippen LogP contribution in [0.2, 0.25) is 0 Å². The van der Waals surface area contributed by atoms with Gasteiger partial charge in [-0.25, -0.2) is 9.78 Å². The lowest BCUT2D eigenvalue weighted by Gasteiger charge is -2.10. The molecule has 0 amide bonds. The molecule has 106 valence electrons. The molecule has 5 heteroatoms. The van der Waals surface area contributed by atoms with Crippen LogP contribution < -0.4 is 5.32 Å². The van der Waals surface area contributed by atoms with Gasteiger partial charge in [0.25, 0.3) is 0 Å². The van der Waals surface area contributed by atoms with E-state index in [1.165, 1.54) is 10.4 Å². The first-order valence-electron chi connectivity index (χ1n) is 6.55. The summed E-state index contributed by atoms with van der Waals surface area (Å²) in [5.41, 5.74) is 2.78. The molecule has 1 aromatic carbocycles. The number of hydrogen-bond donors (Lipinski definition) is 2. The lowest BCUT2D eigenvalue weighted by Crippen LogP contribution is -2.05. The number of fused-ring (bicyclic) bond motifs is 1. The zero-order chi connectivity index (χ0) is 14.8. The topological polar surface area (TPSA) is 62.2 Å². The number of anilines is 1. The Balaban J connectivity index is 1.99. The highest BCUT2D eigenvalue weighted by Crippen LogP contribution is 2.25. The molecule has 0 aliphatic rings. The molecule has 4 nitrogen and oxygen atoms in total. The number of rotatable bonds is 4. The van der Waals surface area contributed by atoms with Crippen LogP contribution in [0.25, 0.3) is 10.9 Å². The summed E-state index contributed by atoms with van der Waals surface area (Å²) in [4.78, 5) is 16.6. The third-order valence-electron chi connectivity index (χ3n) is 3.34. The predicted octanol–water partition coefficient (Wildman–Crippen LogP) is 3.92. The number of para-hydroxylation sites is 1.